The number of unbranched alkanes of at least 4 members (excludes halogenated alkanes) is 10. The molecule has 0 spiro atoms. The third kappa shape index (κ3) is 13.2. The molecule has 2 saturated carbocycles. The van der Waals surface area contributed by atoms with Crippen LogP contribution in [0.4, 0.5) is 8.78 Å². The molecular formula is C32H56F2O4. The lowest BCUT2D eigenvalue weighted by Gasteiger charge is -2.37. The number of hydrogen-bond donors (Lipinski definition) is 0. The van der Waals surface area contributed by atoms with Gasteiger partial charge in [0.15, 0.2) is 12.3 Å². The molecule has 2 aliphatic rings. The first kappa shape index (κ1) is 33.0. The van der Waals surface area contributed by atoms with E-state index >= 15 is 0 Å². The first-order valence-corrected chi connectivity index (χ1v) is 16.1. The Kier molecular flexibility index (Phi) is 17.2. The topological polar surface area (TPSA) is 52.6 Å². The van der Waals surface area contributed by atoms with Gasteiger partial charge in [0.25, 0.3) is 0 Å². The Bertz CT molecular complexity index is 573. The summed E-state index contributed by atoms with van der Waals surface area (Å²) < 4.78 is 39.5. The van der Waals surface area contributed by atoms with E-state index in [9.17, 15) is 18.4 Å². The summed E-state index contributed by atoms with van der Waals surface area (Å²) >= 11 is 0. The van der Waals surface area contributed by atoms with E-state index in [0.717, 1.165) is 89.9 Å². The minimum atomic E-state index is -1.49. The molecular weight excluding hydrogens is 486 g/mol. The Morgan fingerprint density at radius 2 is 0.868 bits per heavy atom. The highest BCUT2D eigenvalue weighted by atomic mass is 19.1. The first-order valence-electron chi connectivity index (χ1n) is 16.1. The maximum Gasteiger partial charge on any atom is 0.340 e. The van der Waals surface area contributed by atoms with Crippen LogP contribution in [-0.4, -0.2) is 36.5 Å². The normalized spacial score (nSPS) is 25.5. The van der Waals surface area contributed by atoms with E-state index < -0.39 is 24.3 Å². The molecule has 0 aromatic heterocycles. The van der Waals surface area contributed by atoms with Crippen molar-refractivity contribution >= 4 is 11.9 Å². The average molecular weight is 543 g/mol. The molecule has 0 saturated heterocycles. The predicted octanol–water partition coefficient (Wildman–Crippen LogP) is 9.37. The van der Waals surface area contributed by atoms with Crippen molar-refractivity contribution in [3.8, 4) is 0 Å². The number of halogens is 2. The van der Waals surface area contributed by atoms with Crippen LogP contribution in [0.1, 0.15) is 155 Å². The maximum absolute atomic E-state index is 14.3. The molecule has 0 heterocycles. The summed E-state index contributed by atoms with van der Waals surface area (Å²) in [5.74, 6) is -0.195. The van der Waals surface area contributed by atoms with E-state index in [-0.39, 0.29) is 25.0 Å². The number of hydrogen-bond acceptors (Lipinski definition) is 4. The Morgan fingerprint density at radius 1 is 0.553 bits per heavy atom. The molecule has 2 aliphatic carbocycles. The van der Waals surface area contributed by atoms with Gasteiger partial charge in [0.2, 0.25) is 0 Å². The van der Waals surface area contributed by atoms with Crippen molar-refractivity contribution in [2.75, 3.05) is 0 Å². The lowest BCUT2D eigenvalue weighted by Crippen LogP contribution is -2.34. The van der Waals surface area contributed by atoms with Gasteiger partial charge in [-0.15, -0.1) is 0 Å². The summed E-state index contributed by atoms with van der Waals surface area (Å²) in [5.41, 5.74) is 0. The Labute approximate surface area is 231 Å². The highest BCUT2D eigenvalue weighted by Gasteiger charge is 2.34. The number of carbonyl (C=O) groups excluding carboxylic acids is 2. The third-order valence-corrected chi connectivity index (χ3v) is 8.80. The quantitative estimate of drug-likeness (QED) is 0.120. The highest BCUT2D eigenvalue weighted by Crippen LogP contribution is 2.40. The van der Waals surface area contributed by atoms with E-state index in [2.05, 4.69) is 13.8 Å². The predicted molar refractivity (Wildman–Crippen MR) is 149 cm³/mol. The van der Waals surface area contributed by atoms with Crippen molar-refractivity contribution in [2.24, 2.45) is 11.8 Å². The zero-order valence-electron chi connectivity index (χ0n) is 24.4. The van der Waals surface area contributed by atoms with Gasteiger partial charge in [0.1, 0.15) is 12.2 Å². The molecule has 0 aromatic rings. The number of ether oxygens (including phenoxy) is 2. The van der Waals surface area contributed by atoms with Gasteiger partial charge in [0, 0.05) is 0 Å². The molecule has 38 heavy (non-hydrogen) atoms. The van der Waals surface area contributed by atoms with Crippen molar-refractivity contribution in [3.63, 3.8) is 0 Å². The fourth-order valence-electron chi connectivity index (χ4n) is 6.28. The second-order valence-corrected chi connectivity index (χ2v) is 12.0. The molecule has 0 amide bonds. The van der Waals surface area contributed by atoms with E-state index in [1.54, 1.807) is 0 Å². The molecule has 0 radical (unpaired) electrons. The highest BCUT2D eigenvalue weighted by molar-refractivity contribution is 5.75. The summed E-state index contributed by atoms with van der Waals surface area (Å²) in [4.78, 5) is 24.4. The third-order valence-electron chi connectivity index (χ3n) is 8.80. The van der Waals surface area contributed by atoms with Crippen molar-refractivity contribution in [2.45, 2.75) is 180 Å². The number of esters is 2. The molecule has 0 bridgehead atoms. The van der Waals surface area contributed by atoms with Crippen LogP contribution in [0.15, 0.2) is 0 Å². The van der Waals surface area contributed by atoms with Crippen LogP contribution >= 0.6 is 0 Å². The van der Waals surface area contributed by atoms with Crippen LogP contribution in [0.2, 0.25) is 0 Å². The standard InChI is InChI=1S/C32H56F2O4/c1-3-5-7-9-11-13-15-29(33)31(35)37-27-21-17-25(18-22-27)26-19-23-28(24-20-26)38-32(36)30(34)16-14-12-10-8-6-4-2/h25-30H,3-24H2,1-2H3/t25?,26?,27?,28?,29-,30-/m0/s1. The zero-order valence-corrected chi connectivity index (χ0v) is 24.4. The number of carbonyl (C=O) groups is 2. The van der Waals surface area contributed by atoms with Crippen LogP contribution in [0.5, 0.6) is 0 Å². The summed E-state index contributed by atoms with van der Waals surface area (Å²) in [6, 6.07) is 0. The molecule has 0 unspecified atom stereocenters. The molecule has 2 rings (SSSR count). The van der Waals surface area contributed by atoms with Crippen LogP contribution in [0.25, 0.3) is 0 Å². The first-order chi connectivity index (χ1) is 18.4. The molecule has 0 N–H and O–H groups in total. The molecule has 222 valence electrons. The van der Waals surface area contributed by atoms with E-state index in [1.807, 2.05) is 0 Å². The minimum absolute atomic E-state index is 0.160. The fourth-order valence-corrected chi connectivity index (χ4v) is 6.28. The van der Waals surface area contributed by atoms with E-state index in [4.69, 9.17) is 9.47 Å². The van der Waals surface area contributed by atoms with E-state index in [0.29, 0.717) is 11.8 Å². The largest absolute Gasteiger partial charge is 0.460 e. The van der Waals surface area contributed by atoms with Crippen molar-refractivity contribution in [3.05, 3.63) is 0 Å². The Morgan fingerprint density at radius 3 is 1.21 bits per heavy atom. The van der Waals surface area contributed by atoms with Crippen LogP contribution in [0.3, 0.4) is 0 Å². The number of alkyl halides is 2. The second kappa shape index (κ2) is 19.8. The fraction of sp³-hybridized carbons (Fsp3) is 0.938. The van der Waals surface area contributed by atoms with Gasteiger partial charge in [-0.1, -0.05) is 78.1 Å². The van der Waals surface area contributed by atoms with Crippen molar-refractivity contribution in [1.29, 1.82) is 0 Å². The van der Waals surface area contributed by atoms with Gasteiger partial charge >= 0.3 is 11.9 Å². The van der Waals surface area contributed by atoms with Gasteiger partial charge < -0.3 is 9.47 Å². The average Bonchev–Trinajstić information content (AvgIpc) is 2.93. The SMILES string of the molecule is CCCCCCCC[C@H](F)C(=O)OC1CCC(C2CCC(OC(=O)[C@@H](F)CCCCCCCC)CC2)CC1. The van der Waals surface area contributed by atoms with Gasteiger partial charge in [0.05, 0.1) is 0 Å². The maximum atomic E-state index is 14.3. The van der Waals surface area contributed by atoms with Gasteiger partial charge in [-0.05, 0) is 88.9 Å². The van der Waals surface area contributed by atoms with Gasteiger partial charge in [-0.25, -0.2) is 18.4 Å². The van der Waals surface area contributed by atoms with Crippen LogP contribution in [-0.2, 0) is 19.1 Å². The monoisotopic (exact) mass is 542 g/mol. The van der Waals surface area contributed by atoms with E-state index in [1.165, 1.54) is 38.5 Å². The summed E-state index contributed by atoms with van der Waals surface area (Å²) in [6.45, 7) is 4.35. The molecule has 2 atom stereocenters. The molecule has 0 aliphatic heterocycles. The van der Waals surface area contributed by atoms with Gasteiger partial charge in [-0.3, -0.25) is 0 Å². The van der Waals surface area contributed by atoms with Crippen LogP contribution in [0, 0.1) is 11.8 Å². The Hall–Kier alpha value is -1.20. The summed E-state index contributed by atoms with van der Waals surface area (Å²) in [5, 5.41) is 0. The van der Waals surface area contributed by atoms with Crippen LogP contribution < -0.4 is 0 Å². The zero-order chi connectivity index (χ0) is 27.6. The summed E-state index contributed by atoms with van der Waals surface area (Å²) in [6.07, 6.45) is 17.3. The number of rotatable bonds is 19. The van der Waals surface area contributed by atoms with Crippen molar-refractivity contribution < 1.29 is 27.8 Å². The minimum Gasteiger partial charge on any atom is -0.460 e. The lowest BCUT2D eigenvalue weighted by molar-refractivity contribution is -0.159. The van der Waals surface area contributed by atoms with Crippen molar-refractivity contribution in [1.82, 2.24) is 0 Å². The lowest BCUT2D eigenvalue weighted by atomic mass is 9.72. The molecule has 0 aromatic carbocycles. The van der Waals surface area contributed by atoms with Gasteiger partial charge in [-0.2, -0.15) is 0 Å². The summed E-state index contributed by atoms with van der Waals surface area (Å²) in [7, 11) is 0. The molecule has 2 fully saturated rings. The molecule has 4 nitrogen and oxygen atoms in total. The second-order valence-electron chi connectivity index (χ2n) is 12.0. The Balaban J connectivity index is 1.55. The molecule has 6 heteroatoms. The smallest absolute Gasteiger partial charge is 0.340 e.